The van der Waals surface area contributed by atoms with Gasteiger partial charge in [-0.2, -0.15) is 0 Å². The topological polar surface area (TPSA) is 70.6 Å². The molecule has 6 heteroatoms. The van der Waals surface area contributed by atoms with Gasteiger partial charge in [0.1, 0.15) is 0 Å². The quantitative estimate of drug-likeness (QED) is 0.781. The van der Waals surface area contributed by atoms with Crippen molar-refractivity contribution >= 4 is 17.6 Å². The highest BCUT2D eigenvalue weighted by Crippen LogP contribution is 2.23. The minimum Gasteiger partial charge on any atom is -0.394 e. The second-order valence-electron chi connectivity index (χ2n) is 5.52. The Morgan fingerprint density at radius 1 is 1.48 bits per heavy atom. The zero-order valence-electron chi connectivity index (χ0n) is 12.1. The third-order valence-corrected chi connectivity index (χ3v) is 3.94. The third-order valence-electron chi connectivity index (χ3n) is 3.68. The first-order valence-electron chi connectivity index (χ1n) is 7.07. The van der Waals surface area contributed by atoms with E-state index in [1.165, 1.54) is 0 Å². The zero-order valence-corrected chi connectivity index (χ0v) is 12.8. The van der Waals surface area contributed by atoms with Crippen molar-refractivity contribution in [2.45, 2.75) is 31.4 Å². The van der Waals surface area contributed by atoms with Gasteiger partial charge < -0.3 is 20.5 Å². The zero-order chi connectivity index (χ0) is 15.3. The van der Waals surface area contributed by atoms with Gasteiger partial charge >= 0.3 is 6.03 Å². The van der Waals surface area contributed by atoms with Crippen molar-refractivity contribution in [3.05, 3.63) is 34.9 Å². The highest BCUT2D eigenvalue weighted by molar-refractivity contribution is 6.30. The molecule has 2 rings (SSSR count). The van der Waals surface area contributed by atoms with Crippen LogP contribution in [-0.4, -0.2) is 36.5 Å². The van der Waals surface area contributed by atoms with Crippen LogP contribution >= 0.6 is 11.6 Å². The van der Waals surface area contributed by atoms with E-state index in [1.807, 2.05) is 6.92 Å². The van der Waals surface area contributed by atoms with Crippen molar-refractivity contribution in [2.75, 3.05) is 19.8 Å². The summed E-state index contributed by atoms with van der Waals surface area (Å²) in [6.45, 7) is 3.01. The van der Waals surface area contributed by atoms with Crippen LogP contribution in [-0.2, 0) is 4.74 Å². The first-order chi connectivity index (χ1) is 10.0. The van der Waals surface area contributed by atoms with Gasteiger partial charge in [0.05, 0.1) is 18.2 Å². The average Bonchev–Trinajstić information content (AvgIpc) is 2.91. The van der Waals surface area contributed by atoms with Crippen LogP contribution in [0.15, 0.2) is 24.3 Å². The fraction of sp³-hybridized carbons (Fsp3) is 0.533. The standard InChI is InChI=1S/C15H21ClN2O3/c1-15(7-2-8-21-15)10-17-14(20)18-13(9-19)11-3-5-12(16)6-4-11/h3-6,13,19H,2,7-10H2,1H3,(H2,17,18,20). The Morgan fingerprint density at radius 2 is 2.19 bits per heavy atom. The van der Waals surface area contributed by atoms with E-state index in [9.17, 15) is 9.90 Å². The van der Waals surface area contributed by atoms with E-state index in [2.05, 4.69) is 10.6 Å². The minimum absolute atomic E-state index is 0.178. The summed E-state index contributed by atoms with van der Waals surface area (Å²) in [6, 6.07) is 6.25. The third kappa shape index (κ3) is 4.59. The number of hydrogen-bond acceptors (Lipinski definition) is 3. The molecule has 1 aliphatic rings. The van der Waals surface area contributed by atoms with Crippen LogP contribution in [0.1, 0.15) is 31.4 Å². The SMILES string of the molecule is CC1(CNC(=O)NC(CO)c2ccc(Cl)cc2)CCCO1. The molecule has 0 aliphatic carbocycles. The molecule has 0 spiro atoms. The van der Waals surface area contributed by atoms with E-state index in [-0.39, 0.29) is 18.2 Å². The molecular formula is C15H21ClN2O3. The maximum atomic E-state index is 11.9. The van der Waals surface area contributed by atoms with E-state index in [0.29, 0.717) is 11.6 Å². The summed E-state index contributed by atoms with van der Waals surface area (Å²) < 4.78 is 5.61. The van der Waals surface area contributed by atoms with Crippen LogP contribution in [0.25, 0.3) is 0 Å². The number of hydrogen-bond donors (Lipinski definition) is 3. The molecule has 5 nitrogen and oxygen atoms in total. The van der Waals surface area contributed by atoms with Crippen molar-refractivity contribution in [2.24, 2.45) is 0 Å². The molecule has 116 valence electrons. The fourth-order valence-electron chi connectivity index (χ4n) is 2.38. The molecule has 1 aromatic carbocycles. The molecule has 2 amide bonds. The molecular weight excluding hydrogens is 292 g/mol. The minimum atomic E-state index is -0.459. The number of urea groups is 1. The highest BCUT2D eigenvalue weighted by atomic mass is 35.5. The van der Waals surface area contributed by atoms with Crippen molar-refractivity contribution in [3.8, 4) is 0 Å². The molecule has 2 unspecified atom stereocenters. The molecule has 2 atom stereocenters. The molecule has 0 saturated carbocycles. The van der Waals surface area contributed by atoms with Gasteiger partial charge in [-0.05, 0) is 37.5 Å². The van der Waals surface area contributed by atoms with Crippen LogP contribution < -0.4 is 10.6 Å². The van der Waals surface area contributed by atoms with E-state index in [1.54, 1.807) is 24.3 Å². The highest BCUT2D eigenvalue weighted by Gasteiger charge is 2.30. The lowest BCUT2D eigenvalue weighted by atomic mass is 10.0. The molecule has 1 saturated heterocycles. The normalized spacial score (nSPS) is 22.8. The van der Waals surface area contributed by atoms with Gasteiger partial charge in [-0.15, -0.1) is 0 Å². The van der Waals surface area contributed by atoms with Crippen LogP contribution in [0, 0.1) is 0 Å². The Bertz CT molecular complexity index is 472. The van der Waals surface area contributed by atoms with E-state index in [0.717, 1.165) is 25.0 Å². The van der Waals surface area contributed by atoms with Gasteiger partial charge in [-0.3, -0.25) is 0 Å². The first-order valence-corrected chi connectivity index (χ1v) is 7.45. The molecule has 1 heterocycles. The van der Waals surface area contributed by atoms with Crippen LogP contribution in [0.3, 0.4) is 0 Å². The summed E-state index contributed by atoms with van der Waals surface area (Å²) in [4.78, 5) is 11.9. The number of ether oxygens (including phenoxy) is 1. The van der Waals surface area contributed by atoms with Crippen LogP contribution in [0.2, 0.25) is 5.02 Å². The predicted octanol–water partition coefficient (Wildman–Crippen LogP) is 2.24. The maximum Gasteiger partial charge on any atom is 0.315 e. The molecule has 0 aromatic heterocycles. The van der Waals surface area contributed by atoms with E-state index >= 15 is 0 Å². The number of carbonyl (C=O) groups excluding carboxylic acids is 1. The number of rotatable bonds is 5. The number of amides is 2. The number of carbonyl (C=O) groups is 1. The van der Waals surface area contributed by atoms with Gasteiger partial charge in [-0.25, -0.2) is 4.79 Å². The van der Waals surface area contributed by atoms with Crippen molar-refractivity contribution in [1.29, 1.82) is 0 Å². The second-order valence-corrected chi connectivity index (χ2v) is 5.95. The predicted molar refractivity (Wildman–Crippen MR) is 81.4 cm³/mol. The Hall–Kier alpha value is -1.30. The largest absolute Gasteiger partial charge is 0.394 e. The Labute approximate surface area is 129 Å². The monoisotopic (exact) mass is 312 g/mol. The fourth-order valence-corrected chi connectivity index (χ4v) is 2.51. The summed E-state index contributed by atoms with van der Waals surface area (Å²) in [5, 5.41) is 15.6. The number of aliphatic hydroxyl groups excluding tert-OH is 1. The molecule has 0 radical (unpaired) electrons. The van der Waals surface area contributed by atoms with E-state index < -0.39 is 6.04 Å². The van der Waals surface area contributed by atoms with Crippen LogP contribution in [0.5, 0.6) is 0 Å². The smallest absolute Gasteiger partial charge is 0.315 e. The lowest BCUT2D eigenvalue weighted by molar-refractivity contribution is 0.0228. The van der Waals surface area contributed by atoms with Crippen molar-refractivity contribution in [1.82, 2.24) is 10.6 Å². The maximum absolute atomic E-state index is 11.9. The second kappa shape index (κ2) is 7.11. The molecule has 3 N–H and O–H groups in total. The van der Waals surface area contributed by atoms with Gasteiger partial charge in [0.25, 0.3) is 0 Å². The van der Waals surface area contributed by atoms with Gasteiger partial charge in [0.15, 0.2) is 0 Å². The van der Waals surface area contributed by atoms with E-state index in [4.69, 9.17) is 16.3 Å². The lowest BCUT2D eigenvalue weighted by Gasteiger charge is -2.24. The molecule has 0 bridgehead atoms. The van der Waals surface area contributed by atoms with Crippen molar-refractivity contribution < 1.29 is 14.6 Å². The average molecular weight is 313 g/mol. The summed E-state index contributed by atoms with van der Waals surface area (Å²) in [5.74, 6) is 0. The Morgan fingerprint density at radius 3 is 2.76 bits per heavy atom. The number of nitrogens with one attached hydrogen (secondary N) is 2. The first kappa shape index (κ1) is 16.1. The summed E-state index contributed by atoms with van der Waals surface area (Å²) in [5.41, 5.74) is 0.521. The Kier molecular flexibility index (Phi) is 5.45. The molecule has 1 aromatic rings. The van der Waals surface area contributed by atoms with Gasteiger partial charge in [0, 0.05) is 18.2 Å². The number of aliphatic hydroxyl groups is 1. The van der Waals surface area contributed by atoms with Gasteiger partial charge in [0.2, 0.25) is 0 Å². The number of benzene rings is 1. The summed E-state index contributed by atoms with van der Waals surface area (Å²) >= 11 is 5.83. The van der Waals surface area contributed by atoms with Crippen LogP contribution in [0.4, 0.5) is 4.79 Å². The molecule has 21 heavy (non-hydrogen) atoms. The van der Waals surface area contributed by atoms with Crippen molar-refractivity contribution in [3.63, 3.8) is 0 Å². The summed E-state index contributed by atoms with van der Waals surface area (Å²) in [7, 11) is 0. The van der Waals surface area contributed by atoms with Gasteiger partial charge in [-0.1, -0.05) is 23.7 Å². The lowest BCUT2D eigenvalue weighted by Crippen LogP contribution is -2.46. The molecule has 1 aliphatic heterocycles. The Balaban J connectivity index is 1.86. The molecule has 1 fully saturated rings. The summed E-state index contributed by atoms with van der Waals surface area (Å²) in [6.07, 6.45) is 1.96. The number of halogens is 1.